The monoisotopic (exact) mass is 297 g/mol. The van der Waals surface area contributed by atoms with Gasteiger partial charge in [0.25, 0.3) is 0 Å². The number of nitrogens with zero attached hydrogens (tertiary/aromatic N) is 1. The zero-order chi connectivity index (χ0) is 15.0. The molecule has 0 radical (unpaired) electrons. The predicted octanol–water partition coefficient (Wildman–Crippen LogP) is 3.40. The van der Waals surface area contributed by atoms with Gasteiger partial charge in [0, 0.05) is 39.3 Å². The highest BCUT2D eigenvalue weighted by Crippen LogP contribution is 2.10. The zero-order valence-electron chi connectivity index (χ0n) is 14.5. The van der Waals surface area contributed by atoms with Crippen LogP contribution in [0.1, 0.15) is 71.1 Å². The smallest absolute Gasteiger partial charge is 0.0108 e. The first-order valence-electron chi connectivity index (χ1n) is 9.57. The molecule has 1 aliphatic rings. The van der Waals surface area contributed by atoms with Gasteiger partial charge in [0.15, 0.2) is 0 Å². The van der Waals surface area contributed by atoms with E-state index in [4.69, 9.17) is 0 Å². The van der Waals surface area contributed by atoms with E-state index in [9.17, 15) is 0 Å². The van der Waals surface area contributed by atoms with Gasteiger partial charge in [-0.3, -0.25) is 4.90 Å². The molecule has 0 bridgehead atoms. The molecule has 1 aliphatic heterocycles. The summed E-state index contributed by atoms with van der Waals surface area (Å²) in [6.07, 6.45) is 14.3. The molecular formula is C18H39N3. The van der Waals surface area contributed by atoms with E-state index in [1.54, 1.807) is 0 Å². The fraction of sp³-hybridized carbons (Fsp3) is 1.00. The average molecular weight is 298 g/mol. The number of hydrogen-bond acceptors (Lipinski definition) is 3. The summed E-state index contributed by atoms with van der Waals surface area (Å²) in [6.45, 7) is 10.7. The van der Waals surface area contributed by atoms with Crippen LogP contribution in [-0.2, 0) is 0 Å². The lowest BCUT2D eigenvalue weighted by molar-refractivity contribution is 0.241. The van der Waals surface area contributed by atoms with Crippen molar-refractivity contribution in [1.82, 2.24) is 15.5 Å². The Balaban J connectivity index is 1.69. The van der Waals surface area contributed by atoms with Crippen molar-refractivity contribution in [3.05, 3.63) is 0 Å². The molecule has 1 rings (SSSR count). The molecule has 126 valence electrons. The minimum Gasteiger partial charge on any atom is -0.315 e. The molecule has 0 aromatic rings. The van der Waals surface area contributed by atoms with E-state index in [1.165, 1.54) is 103 Å². The molecule has 0 atom stereocenters. The van der Waals surface area contributed by atoms with Gasteiger partial charge in [-0.1, -0.05) is 64.7 Å². The third-order valence-electron chi connectivity index (χ3n) is 4.52. The standard InChI is InChI=1S/C18H39N3/c1-2-3-4-5-6-7-8-9-10-11-12-19-13-16-21-17-14-20-15-18-21/h19-20H,2-18H2,1H3. The maximum Gasteiger partial charge on any atom is 0.0108 e. The van der Waals surface area contributed by atoms with Crippen molar-refractivity contribution in [2.45, 2.75) is 71.1 Å². The van der Waals surface area contributed by atoms with Crippen LogP contribution in [0.3, 0.4) is 0 Å². The molecule has 0 aliphatic carbocycles. The summed E-state index contributed by atoms with van der Waals surface area (Å²) < 4.78 is 0. The molecule has 21 heavy (non-hydrogen) atoms. The highest BCUT2D eigenvalue weighted by molar-refractivity contribution is 4.68. The highest BCUT2D eigenvalue weighted by Gasteiger charge is 2.07. The van der Waals surface area contributed by atoms with Crippen LogP contribution in [0.15, 0.2) is 0 Å². The fourth-order valence-electron chi connectivity index (χ4n) is 3.03. The van der Waals surface area contributed by atoms with Crippen LogP contribution in [0, 0.1) is 0 Å². The molecule has 0 spiro atoms. The Labute approximate surface area is 133 Å². The van der Waals surface area contributed by atoms with Gasteiger partial charge in [0.1, 0.15) is 0 Å². The Kier molecular flexibility index (Phi) is 13.3. The van der Waals surface area contributed by atoms with Gasteiger partial charge < -0.3 is 10.6 Å². The van der Waals surface area contributed by atoms with E-state index in [0.717, 1.165) is 6.54 Å². The van der Waals surface area contributed by atoms with Gasteiger partial charge in [-0.15, -0.1) is 0 Å². The van der Waals surface area contributed by atoms with Crippen molar-refractivity contribution >= 4 is 0 Å². The molecule has 0 unspecified atom stereocenters. The van der Waals surface area contributed by atoms with Crippen molar-refractivity contribution in [2.24, 2.45) is 0 Å². The summed E-state index contributed by atoms with van der Waals surface area (Å²) >= 11 is 0. The summed E-state index contributed by atoms with van der Waals surface area (Å²) in [5.41, 5.74) is 0. The first-order valence-corrected chi connectivity index (χ1v) is 9.57. The van der Waals surface area contributed by atoms with Crippen LogP contribution >= 0.6 is 0 Å². The van der Waals surface area contributed by atoms with E-state index in [1.807, 2.05) is 0 Å². The number of piperazine rings is 1. The molecule has 0 saturated carbocycles. The van der Waals surface area contributed by atoms with E-state index in [2.05, 4.69) is 22.5 Å². The number of rotatable bonds is 14. The van der Waals surface area contributed by atoms with E-state index >= 15 is 0 Å². The Morgan fingerprint density at radius 3 is 1.95 bits per heavy atom. The van der Waals surface area contributed by atoms with Gasteiger partial charge in [0.2, 0.25) is 0 Å². The molecule has 1 saturated heterocycles. The van der Waals surface area contributed by atoms with Gasteiger partial charge in [-0.25, -0.2) is 0 Å². The molecule has 0 aromatic carbocycles. The minimum absolute atomic E-state index is 1.16. The molecule has 2 N–H and O–H groups in total. The second-order valence-corrected chi connectivity index (χ2v) is 6.52. The minimum atomic E-state index is 1.16. The molecule has 1 fully saturated rings. The largest absolute Gasteiger partial charge is 0.315 e. The summed E-state index contributed by atoms with van der Waals surface area (Å²) in [4.78, 5) is 2.56. The molecule has 1 heterocycles. The first-order chi connectivity index (χ1) is 10.4. The zero-order valence-corrected chi connectivity index (χ0v) is 14.5. The van der Waals surface area contributed by atoms with E-state index in [-0.39, 0.29) is 0 Å². The van der Waals surface area contributed by atoms with Crippen LogP contribution in [0.5, 0.6) is 0 Å². The molecule has 3 nitrogen and oxygen atoms in total. The quantitative estimate of drug-likeness (QED) is 0.481. The predicted molar refractivity (Wildman–Crippen MR) is 94.0 cm³/mol. The van der Waals surface area contributed by atoms with Crippen LogP contribution < -0.4 is 10.6 Å². The maximum absolute atomic E-state index is 3.60. The van der Waals surface area contributed by atoms with Gasteiger partial charge >= 0.3 is 0 Å². The Morgan fingerprint density at radius 1 is 0.762 bits per heavy atom. The topological polar surface area (TPSA) is 27.3 Å². The molecule has 0 aromatic heterocycles. The van der Waals surface area contributed by atoms with Crippen LogP contribution in [0.2, 0.25) is 0 Å². The summed E-state index contributed by atoms with van der Waals surface area (Å²) in [6, 6.07) is 0. The average Bonchev–Trinajstić information content (AvgIpc) is 2.53. The fourth-order valence-corrected chi connectivity index (χ4v) is 3.03. The van der Waals surface area contributed by atoms with Gasteiger partial charge in [0.05, 0.1) is 0 Å². The second kappa shape index (κ2) is 14.8. The van der Waals surface area contributed by atoms with Crippen molar-refractivity contribution in [2.75, 3.05) is 45.8 Å². The van der Waals surface area contributed by atoms with E-state index < -0.39 is 0 Å². The van der Waals surface area contributed by atoms with Gasteiger partial charge in [-0.05, 0) is 13.0 Å². The number of hydrogen-bond donors (Lipinski definition) is 2. The maximum atomic E-state index is 3.60. The van der Waals surface area contributed by atoms with Crippen LogP contribution in [-0.4, -0.2) is 50.7 Å². The van der Waals surface area contributed by atoms with Crippen molar-refractivity contribution < 1.29 is 0 Å². The highest BCUT2D eigenvalue weighted by atomic mass is 15.2. The Morgan fingerprint density at radius 2 is 1.33 bits per heavy atom. The van der Waals surface area contributed by atoms with Gasteiger partial charge in [-0.2, -0.15) is 0 Å². The lowest BCUT2D eigenvalue weighted by Gasteiger charge is -2.27. The number of unbranched alkanes of at least 4 members (excludes halogenated alkanes) is 9. The lowest BCUT2D eigenvalue weighted by atomic mass is 10.1. The Bertz CT molecular complexity index is 203. The van der Waals surface area contributed by atoms with Crippen molar-refractivity contribution in [3.63, 3.8) is 0 Å². The third kappa shape index (κ3) is 12.1. The third-order valence-corrected chi connectivity index (χ3v) is 4.52. The molecule has 3 heteroatoms. The van der Waals surface area contributed by atoms with Crippen LogP contribution in [0.4, 0.5) is 0 Å². The van der Waals surface area contributed by atoms with Crippen LogP contribution in [0.25, 0.3) is 0 Å². The molecule has 0 amide bonds. The van der Waals surface area contributed by atoms with E-state index in [0.29, 0.717) is 0 Å². The normalized spacial score (nSPS) is 16.4. The summed E-state index contributed by atoms with van der Waals surface area (Å²) in [7, 11) is 0. The molecular weight excluding hydrogens is 258 g/mol. The Hall–Kier alpha value is -0.120. The summed E-state index contributed by atoms with van der Waals surface area (Å²) in [5, 5.41) is 7.00. The second-order valence-electron chi connectivity index (χ2n) is 6.52. The van der Waals surface area contributed by atoms with Crippen molar-refractivity contribution in [3.8, 4) is 0 Å². The lowest BCUT2D eigenvalue weighted by Crippen LogP contribution is -2.45. The first kappa shape index (κ1) is 18.9. The number of nitrogens with one attached hydrogen (secondary N) is 2. The SMILES string of the molecule is CCCCCCCCCCCCNCCN1CCNCC1. The summed E-state index contributed by atoms with van der Waals surface area (Å²) in [5.74, 6) is 0. The van der Waals surface area contributed by atoms with Crippen molar-refractivity contribution in [1.29, 1.82) is 0 Å².